The molecular weight excluding hydrogens is 500 g/mol. The maximum absolute atomic E-state index is 14.1. The second kappa shape index (κ2) is 11.0. The van der Waals surface area contributed by atoms with E-state index < -0.39 is 0 Å². The normalized spacial score (nSPS) is 15.4. The van der Waals surface area contributed by atoms with Crippen LogP contribution in [0.2, 0.25) is 0 Å². The number of carbonyl (C=O) groups is 2. The lowest BCUT2D eigenvalue weighted by Gasteiger charge is -2.38. The monoisotopic (exact) mass is 538 g/mol. The summed E-state index contributed by atoms with van der Waals surface area (Å²) in [6.07, 6.45) is 0.844. The minimum absolute atomic E-state index is 0.00835. The molecule has 1 aliphatic heterocycles. The van der Waals surface area contributed by atoms with Gasteiger partial charge in [0.2, 0.25) is 5.91 Å². The highest BCUT2D eigenvalue weighted by Crippen LogP contribution is 2.38. The lowest BCUT2D eigenvalue weighted by molar-refractivity contribution is -0.134. The van der Waals surface area contributed by atoms with Crippen molar-refractivity contribution in [2.24, 2.45) is 5.92 Å². The Kier molecular flexibility index (Phi) is 7.64. The zero-order chi connectivity index (χ0) is 27.7. The summed E-state index contributed by atoms with van der Waals surface area (Å²) < 4.78 is 0. The number of benzene rings is 3. The van der Waals surface area contributed by atoms with Crippen LogP contribution in [-0.2, 0) is 16.6 Å². The van der Waals surface area contributed by atoms with Crippen molar-refractivity contribution in [3.8, 4) is 0 Å². The van der Waals surface area contributed by atoms with E-state index in [0.717, 1.165) is 22.8 Å². The van der Waals surface area contributed by atoms with Crippen molar-refractivity contribution < 1.29 is 9.59 Å². The van der Waals surface area contributed by atoms with Crippen molar-refractivity contribution in [3.63, 3.8) is 0 Å². The van der Waals surface area contributed by atoms with Crippen LogP contribution < -0.4 is 0 Å². The van der Waals surface area contributed by atoms with Gasteiger partial charge in [0.15, 0.2) is 0 Å². The molecule has 39 heavy (non-hydrogen) atoms. The third-order valence-electron chi connectivity index (χ3n) is 7.60. The number of hydrogen-bond acceptors (Lipinski definition) is 3. The standard InChI is InChI=1S/C34H38N2O2S/c1-23(2)21-35(33(38)28-12-8-10-24-9-6-7-11-27(24)28)22-31(37)36-19-17-30-29(18-20-39-30)32(36)25-13-15-26(16-14-25)34(3,4)5/h6-16,18,20,23,32H,17,19,21-22H2,1-5H3/t32-/m0/s1. The van der Waals surface area contributed by atoms with Crippen molar-refractivity contribution in [1.29, 1.82) is 0 Å². The number of rotatable bonds is 6. The minimum Gasteiger partial charge on any atom is -0.330 e. The molecule has 0 unspecified atom stereocenters. The Balaban J connectivity index is 1.46. The summed E-state index contributed by atoms with van der Waals surface area (Å²) in [5.74, 6) is 0.140. The van der Waals surface area contributed by atoms with Gasteiger partial charge in [0.05, 0.1) is 6.04 Å². The summed E-state index contributed by atoms with van der Waals surface area (Å²) in [6, 6.07) is 24.5. The van der Waals surface area contributed by atoms with Gasteiger partial charge in [-0.25, -0.2) is 0 Å². The topological polar surface area (TPSA) is 40.6 Å². The first-order valence-corrected chi connectivity index (χ1v) is 14.7. The molecule has 0 saturated carbocycles. The molecule has 2 heterocycles. The first-order chi connectivity index (χ1) is 18.6. The maximum atomic E-state index is 14.1. The molecule has 1 aliphatic rings. The van der Waals surface area contributed by atoms with E-state index in [9.17, 15) is 9.59 Å². The molecule has 0 saturated heterocycles. The summed E-state index contributed by atoms with van der Waals surface area (Å²) in [4.78, 5) is 33.1. The molecule has 0 bridgehead atoms. The van der Waals surface area contributed by atoms with Crippen LogP contribution in [0.15, 0.2) is 78.2 Å². The van der Waals surface area contributed by atoms with Crippen molar-refractivity contribution in [2.75, 3.05) is 19.6 Å². The molecule has 0 aliphatic carbocycles. The quantitative estimate of drug-likeness (QED) is 0.255. The second-order valence-corrected chi connectivity index (χ2v) is 13.0. The van der Waals surface area contributed by atoms with Gasteiger partial charge in [0, 0.05) is 23.5 Å². The van der Waals surface area contributed by atoms with Gasteiger partial charge in [-0.2, -0.15) is 0 Å². The first kappa shape index (κ1) is 27.1. The van der Waals surface area contributed by atoms with E-state index in [2.05, 4.69) is 70.3 Å². The van der Waals surface area contributed by atoms with Crippen LogP contribution in [0.3, 0.4) is 0 Å². The highest BCUT2D eigenvalue weighted by molar-refractivity contribution is 7.10. The smallest absolute Gasteiger partial charge is 0.254 e. The van der Waals surface area contributed by atoms with Crippen molar-refractivity contribution in [2.45, 2.75) is 52.5 Å². The Hall–Kier alpha value is -3.44. The fraction of sp³-hybridized carbons (Fsp3) is 0.353. The van der Waals surface area contributed by atoms with Gasteiger partial charge in [-0.05, 0) is 62.7 Å². The third-order valence-corrected chi connectivity index (χ3v) is 8.59. The van der Waals surface area contributed by atoms with Crippen molar-refractivity contribution >= 4 is 33.9 Å². The van der Waals surface area contributed by atoms with Crippen LogP contribution in [0, 0.1) is 5.92 Å². The van der Waals surface area contributed by atoms with Crippen LogP contribution in [0.25, 0.3) is 10.8 Å². The third kappa shape index (κ3) is 5.65. The van der Waals surface area contributed by atoms with E-state index in [4.69, 9.17) is 0 Å². The van der Waals surface area contributed by atoms with Crippen LogP contribution in [0.4, 0.5) is 0 Å². The number of carbonyl (C=O) groups excluding carboxylic acids is 2. The summed E-state index contributed by atoms with van der Waals surface area (Å²) >= 11 is 1.77. The summed E-state index contributed by atoms with van der Waals surface area (Å²) in [7, 11) is 0. The molecule has 202 valence electrons. The highest BCUT2D eigenvalue weighted by Gasteiger charge is 2.34. The molecular formula is C34H38N2O2S. The number of amides is 2. The molecule has 5 rings (SSSR count). The second-order valence-electron chi connectivity index (χ2n) is 12.0. The number of nitrogens with zero attached hydrogens (tertiary/aromatic N) is 2. The predicted molar refractivity (Wildman–Crippen MR) is 161 cm³/mol. The first-order valence-electron chi connectivity index (χ1n) is 13.9. The fourth-order valence-electron chi connectivity index (χ4n) is 5.61. The lowest BCUT2D eigenvalue weighted by Crippen LogP contribution is -2.47. The molecule has 5 heteroatoms. The van der Waals surface area contributed by atoms with Gasteiger partial charge in [0.25, 0.3) is 5.91 Å². The van der Waals surface area contributed by atoms with E-state index in [0.29, 0.717) is 18.7 Å². The van der Waals surface area contributed by atoms with E-state index in [1.54, 1.807) is 16.2 Å². The zero-order valence-electron chi connectivity index (χ0n) is 23.6. The van der Waals surface area contributed by atoms with E-state index in [-0.39, 0.29) is 35.7 Å². The van der Waals surface area contributed by atoms with Crippen LogP contribution in [0.5, 0.6) is 0 Å². The molecule has 4 aromatic rings. The number of thiophene rings is 1. The average Bonchev–Trinajstić information content (AvgIpc) is 3.40. The molecule has 1 aromatic heterocycles. The Morgan fingerprint density at radius 1 is 0.974 bits per heavy atom. The summed E-state index contributed by atoms with van der Waals surface area (Å²) in [6.45, 7) is 12.1. The fourth-order valence-corrected chi connectivity index (χ4v) is 6.51. The average molecular weight is 539 g/mol. The van der Waals surface area contributed by atoms with E-state index in [1.807, 2.05) is 47.4 Å². The van der Waals surface area contributed by atoms with Gasteiger partial charge in [0.1, 0.15) is 6.54 Å². The summed E-state index contributed by atoms with van der Waals surface area (Å²) in [5, 5.41) is 4.08. The Morgan fingerprint density at radius 2 is 1.69 bits per heavy atom. The number of fused-ring (bicyclic) bond motifs is 2. The highest BCUT2D eigenvalue weighted by atomic mass is 32.1. The minimum atomic E-state index is -0.143. The molecule has 2 amide bonds. The Morgan fingerprint density at radius 3 is 2.41 bits per heavy atom. The van der Waals surface area contributed by atoms with Crippen LogP contribution >= 0.6 is 11.3 Å². The molecule has 3 aromatic carbocycles. The van der Waals surface area contributed by atoms with Crippen molar-refractivity contribution in [1.82, 2.24) is 9.80 Å². The van der Waals surface area contributed by atoms with E-state index >= 15 is 0 Å². The van der Waals surface area contributed by atoms with Crippen molar-refractivity contribution in [3.05, 3.63) is 105 Å². The molecule has 0 radical (unpaired) electrons. The van der Waals surface area contributed by atoms with Crippen LogP contribution in [-0.4, -0.2) is 41.2 Å². The largest absolute Gasteiger partial charge is 0.330 e. The summed E-state index contributed by atoms with van der Waals surface area (Å²) in [5.41, 5.74) is 4.31. The van der Waals surface area contributed by atoms with Gasteiger partial charge >= 0.3 is 0 Å². The predicted octanol–water partition coefficient (Wildman–Crippen LogP) is 7.47. The van der Waals surface area contributed by atoms with Gasteiger partial charge in [-0.3, -0.25) is 9.59 Å². The maximum Gasteiger partial charge on any atom is 0.254 e. The molecule has 1 atom stereocenters. The van der Waals surface area contributed by atoms with Gasteiger partial charge in [-0.1, -0.05) is 95.3 Å². The molecule has 0 spiro atoms. The molecule has 4 nitrogen and oxygen atoms in total. The zero-order valence-corrected chi connectivity index (χ0v) is 24.4. The SMILES string of the molecule is CC(C)CN(CC(=O)N1CCc2sccc2[C@@H]1c1ccc(C(C)(C)C)cc1)C(=O)c1cccc2ccccc12. The molecule has 0 N–H and O–H groups in total. The van der Waals surface area contributed by atoms with Crippen LogP contribution in [0.1, 0.15) is 72.6 Å². The Labute approximate surface area is 236 Å². The number of hydrogen-bond donors (Lipinski definition) is 0. The molecule has 0 fully saturated rings. The lowest BCUT2D eigenvalue weighted by atomic mass is 9.85. The Bertz CT molecular complexity index is 1470. The van der Waals surface area contributed by atoms with Gasteiger partial charge < -0.3 is 9.80 Å². The van der Waals surface area contributed by atoms with E-state index in [1.165, 1.54) is 16.0 Å². The van der Waals surface area contributed by atoms with Gasteiger partial charge in [-0.15, -0.1) is 11.3 Å².